The Bertz CT molecular complexity index is 1120. The van der Waals surface area contributed by atoms with Crippen LogP contribution in [-0.2, 0) is 16.1 Å². The largest absolute Gasteiger partial charge is 0.360 e. The Balaban J connectivity index is 1.54. The molecule has 0 fully saturated rings. The molecule has 1 aliphatic carbocycles. The highest BCUT2D eigenvalue weighted by Gasteiger charge is 2.42. The van der Waals surface area contributed by atoms with Gasteiger partial charge < -0.3 is 5.32 Å². The molecule has 2 aromatic carbocycles. The molecule has 6 heteroatoms. The van der Waals surface area contributed by atoms with Crippen LogP contribution in [0.2, 0.25) is 5.02 Å². The second-order valence-electron chi connectivity index (χ2n) is 7.99. The Labute approximate surface area is 179 Å². The fraction of sp³-hybridized carbons (Fsp3) is 0.250. The van der Waals surface area contributed by atoms with Gasteiger partial charge in [-0.25, -0.2) is 4.39 Å². The van der Waals surface area contributed by atoms with Crippen LogP contribution in [0.4, 0.5) is 4.39 Å². The lowest BCUT2D eigenvalue weighted by molar-refractivity contribution is -0.117. The van der Waals surface area contributed by atoms with E-state index in [0.29, 0.717) is 42.6 Å². The molecule has 152 valence electrons. The van der Waals surface area contributed by atoms with E-state index in [1.807, 2.05) is 30.3 Å². The zero-order valence-electron chi connectivity index (χ0n) is 16.3. The van der Waals surface area contributed by atoms with Crippen molar-refractivity contribution in [3.8, 4) is 0 Å². The van der Waals surface area contributed by atoms with E-state index >= 15 is 0 Å². The minimum absolute atomic E-state index is 0.00487. The summed E-state index contributed by atoms with van der Waals surface area (Å²) in [6, 6.07) is 14.5. The molecule has 3 aliphatic rings. The first-order chi connectivity index (χ1) is 14.5. The number of dihydropyridines is 1. The van der Waals surface area contributed by atoms with E-state index in [-0.39, 0.29) is 23.1 Å². The maximum absolute atomic E-state index is 13.8. The van der Waals surface area contributed by atoms with Crippen molar-refractivity contribution in [2.24, 2.45) is 0 Å². The maximum Gasteiger partial charge on any atom is 0.175 e. The number of hydrogen-bond acceptors (Lipinski definition) is 4. The molecule has 0 spiro atoms. The van der Waals surface area contributed by atoms with E-state index in [1.54, 1.807) is 6.07 Å². The van der Waals surface area contributed by atoms with E-state index < -0.39 is 11.7 Å². The van der Waals surface area contributed by atoms with Crippen LogP contribution in [0.5, 0.6) is 0 Å². The molecule has 0 radical (unpaired) electrons. The monoisotopic (exact) mass is 422 g/mol. The molecule has 30 heavy (non-hydrogen) atoms. The van der Waals surface area contributed by atoms with Crippen LogP contribution in [0.15, 0.2) is 71.1 Å². The molecule has 2 aromatic rings. The van der Waals surface area contributed by atoms with E-state index in [4.69, 9.17) is 11.6 Å². The molecule has 2 aliphatic heterocycles. The smallest absolute Gasteiger partial charge is 0.175 e. The summed E-state index contributed by atoms with van der Waals surface area (Å²) in [6.45, 7) is 1.53. The number of hydrogen-bond donors (Lipinski definition) is 1. The second-order valence-corrected chi connectivity index (χ2v) is 8.40. The molecule has 0 saturated heterocycles. The number of nitrogens with one attached hydrogen (secondary N) is 1. The quantitative estimate of drug-likeness (QED) is 0.808. The number of carbonyl (C=O) groups excluding carboxylic acids is 2. The molecule has 0 bridgehead atoms. The van der Waals surface area contributed by atoms with Crippen molar-refractivity contribution in [1.29, 1.82) is 0 Å². The lowest BCUT2D eigenvalue weighted by Gasteiger charge is -2.37. The van der Waals surface area contributed by atoms with Gasteiger partial charge in [-0.3, -0.25) is 14.5 Å². The number of carbonyl (C=O) groups is 2. The van der Waals surface area contributed by atoms with Gasteiger partial charge in [-0.15, -0.1) is 0 Å². The number of halogens is 2. The fourth-order valence-electron chi connectivity index (χ4n) is 4.71. The Morgan fingerprint density at radius 2 is 1.73 bits per heavy atom. The third kappa shape index (κ3) is 3.28. The number of allylic oxidation sites excluding steroid dienone is 2. The van der Waals surface area contributed by atoms with Crippen LogP contribution >= 0.6 is 11.6 Å². The topological polar surface area (TPSA) is 49.4 Å². The Morgan fingerprint density at radius 3 is 2.50 bits per heavy atom. The maximum atomic E-state index is 13.8. The predicted molar refractivity (Wildman–Crippen MR) is 112 cm³/mol. The zero-order valence-corrected chi connectivity index (χ0v) is 17.0. The zero-order chi connectivity index (χ0) is 20.8. The molecular weight excluding hydrogens is 403 g/mol. The minimum atomic E-state index is -0.514. The third-order valence-corrected chi connectivity index (χ3v) is 6.30. The first-order valence-corrected chi connectivity index (χ1v) is 10.4. The van der Waals surface area contributed by atoms with Crippen LogP contribution < -0.4 is 5.32 Å². The van der Waals surface area contributed by atoms with Gasteiger partial charge in [0, 0.05) is 48.0 Å². The fourth-order valence-corrected chi connectivity index (χ4v) is 4.90. The third-order valence-electron chi connectivity index (χ3n) is 6.01. The molecule has 1 atom stereocenters. The van der Waals surface area contributed by atoms with Gasteiger partial charge in [0.25, 0.3) is 0 Å². The normalized spacial score (nSPS) is 21.6. The SMILES string of the molecule is O=C1CCC2=C1C(c1ccc(F)c(Cl)c1)C1=C(CN(Cc3ccccc3)CC1=O)N2. The summed E-state index contributed by atoms with van der Waals surface area (Å²) in [5.74, 6) is -0.986. The van der Waals surface area contributed by atoms with Crippen LogP contribution in [0.25, 0.3) is 0 Å². The molecule has 0 amide bonds. The molecule has 0 aromatic heterocycles. The highest BCUT2D eigenvalue weighted by Crippen LogP contribution is 2.45. The highest BCUT2D eigenvalue weighted by molar-refractivity contribution is 6.30. The number of rotatable bonds is 3. The van der Waals surface area contributed by atoms with Crippen molar-refractivity contribution in [3.05, 3.63) is 93.0 Å². The van der Waals surface area contributed by atoms with Gasteiger partial charge in [0.05, 0.1) is 11.6 Å². The summed E-state index contributed by atoms with van der Waals surface area (Å²) < 4.78 is 13.8. The van der Waals surface area contributed by atoms with Crippen LogP contribution in [0, 0.1) is 5.82 Å². The summed E-state index contributed by atoms with van der Waals surface area (Å²) in [7, 11) is 0. The summed E-state index contributed by atoms with van der Waals surface area (Å²) in [5, 5.41) is 3.38. The van der Waals surface area contributed by atoms with Crippen LogP contribution in [-0.4, -0.2) is 29.6 Å². The Hall–Kier alpha value is -2.76. The Morgan fingerprint density at radius 1 is 0.967 bits per heavy atom. The van der Waals surface area contributed by atoms with Crippen LogP contribution in [0.3, 0.4) is 0 Å². The molecule has 5 rings (SSSR count). The van der Waals surface area contributed by atoms with Crippen molar-refractivity contribution >= 4 is 23.2 Å². The number of nitrogens with zero attached hydrogens (tertiary/aromatic N) is 1. The molecule has 1 N–H and O–H groups in total. The number of ketones is 2. The lowest BCUT2D eigenvalue weighted by Crippen LogP contribution is -2.44. The van der Waals surface area contributed by atoms with Crippen molar-refractivity contribution in [3.63, 3.8) is 0 Å². The van der Waals surface area contributed by atoms with Gasteiger partial charge in [0.2, 0.25) is 0 Å². The van der Waals surface area contributed by atoms with Gasteiger partial charge >= 0.3 is 0 Å². The summed E-state index contributed by atoms with van der Waals surface area (Å²) in [4.78, 5) is 28.1. The van der Waals surface area contributed by atoms with E-state index in [2.05, 4.69) is 10.2 Å². The first-order valence-electron chi connectivity index (χ1n) is 10.0. The van der Waals surface area contributed by atoms with Crippen molar-refractivity contribution in [2.45, 2.75) is 25.3 Å². The van der Waals surface area contributed by atoms with Crippen LogP contribution in [0.1, 0.15) is 29.9 Å². The van der Waals surface area contributed by atoms with Gasteiger partial charge in [-0.1, -0.05) is 48.0 Å². The first kappa shape index (κ1) is 19.2. The van der Waals surface area contributed by atoms with Gasteiger partial charge in [0.1, 0.15) is 5.82 Å². The van der Waals surface area contributed by atoms with Crippen molar-refractivity contribution in [2.75, 3.05) is 13.1 Å². The number of benzene rings is 2. The van der Waals surface area contributed by atoms with Gasteiger partial charge in [-0.2, -0.15) is 0 Å². The summed E-state index contributed by atoms with van der Waals surface area (Å²) in [6.07, 6.45) is 1.05. The van der Waals surface area contributed by atoms with E-state index in [9.17, 15) is 14.0 Å². The second kappa shape index (κ2) is 7.49. The average Bonchev–Trinajstić information content (AvgIpc) is 3.10. The highest BCUT2D eigenvalue weighted by atomic mass is 35.5. The molecule has 1 unspecified atom stereocenters. The molecular formula is C24H20ClFN2O2. The standard InChI is InChI=1S/C24H20ClFN2O2/c25-16-10-15(6-7-17(16)26)22-23-18(8-9-20(23)29)27-19-12-28(13-21(30)24(19)22)11-14-4-2-1-3-5-14/h1-7,10,22,27H,8-9,11-13H2. The molecule has 0 saturated carbocycles. The van der Waals surface area contributed by atoms with Crippen molar-refractivity contribution < 1.29 is 14.0 Å². The molecule has 4 nitrogen and oxygen atoms in total. The Kier molecular flexibility index (Phi) is 4.80. The van der Waals surface area contributed by atoms with Gasteiger partial charge in [-0.05, 0) is 29.7 Å². The van der Waals surface area contributed by atoms with E-state index in [1.165, 1.54) is 12.1 Å². The average molecular weight is 423 g/mol. The summed E-state index contributed by atoms with van der Waals surface area (Å²) >= 11 is 6.04. The van der Waals surface area contributed by atoms with Gasteiger partial charge in [0.15, 0.2) is 11.6 Å². The minimum Gasteiger partial charge on any atom is -0.360 e. The summed E-state index contributed by atoms with van der Waals surface area (Å²) in [5.41, 5.74) is 4.77. The molecule has 2 heterocycles. The van der Waals surface area contributed by atoms with Crippen molar-refractivity contribution in [1.82, 2.24) is 10.2 Å². The predicted octanol–water partition coefficient (Wildman–Crippen LogP) is 4.12. The van der Waals surface area contributed by atoms with E-state index in [0.717, 1.165) is 17.0 Å². The number of Topliss-reactive ketones (excluding diaryl/α,β-unsaturated/α-hetero) is 2. The lowest BCUT2D eigenvalue weighted by atomic mass is 9.77.